The molecule has 4 nitrogen and oxygen atoms in total. The van der Waals surface area contributed by atoms with Crippen LogP contribution >= 0.6 is 0 Å². The first kappa shape index (κ1) is 9.71. The molecule has 2 rings (SSSR count). The Balaban J connectivity index is 2.54. The third-order valence-electron chi connectivity index (χ3n) is 2.41. The highest BCUT2D eigenvalue weighted by molar-refractivity contribution is 5.63. The number of rotatable bonds is 1. The largest absolute Gasteiger partial charge is 0.398 e. The predicted molar refractivity (Wildman–Crippen MR) is 60.3 cm³/mol. The van der Waals surface area contributed by atoms with E-state index in [-0.39, 0.29) is 0 Å². The molecule has 0 aliphatic heterocycles. The van der Waals surface area contributed by atoms with Crippen LogP contribution in [0.3, 0.4) is 0 Å². The number of nitrogens with two attached hydrogens (primary N) is 1. The Kier molecular flexibility index (Phi) is 2.19. The first-order valence-corrected chi connectivity index (χ1v) is 4.82. The van der Waals surface area contributed by atoms with E-state index in [1.807, 2.05) is 39.1 Å². The molecule has 15 heavy (non-hydrogen) atoms. The fraction of sp³-hybridized carbons (Fsp3) is 0.273. The number of nitrogen functional groups attached to an aromatic ring is 1. The van der Waals surface area contributed by atoms with E-state index in [1.54, 1.807) is 4.68 Å². The van der Waals surface area contributed by atoms with E-state index in [1.165, 1.54) is 0 Å². The molecule has 0 fully saturated rings. The summed E-state index contributed by atoms with van der Waals surface area (Å²) >= 11 is 0. The molecule has 0 atom stereocenters. The van der Waals surface area contributed by atoms with Crippen molar-refractivity contribution in [3.05, 3.63) is 29.6 Å². The number of benzene rings is 1. The van der Waals surface area contributed by atoms with Gasteiger partial charge in [0.1, 0.15) is 5.82 Å². The average Bonchev–Trinajstić information content (AvgIpc) is 2.50. The van der Waals surface area contributed by atoms with E-state index in [4.69, 9.17) is 5.73 Å². The molecule has 0 unspecified atom stereocenters. The van der Waals surface area contributed by atoms with Gasteiger partial charge in [-0.1, -0.05) is 12.1 Å². The lowest BCUT2D eigenvalue weighted by Gasteiger charge is -2.03. The molecule has 78 valence electrons. The number of hydrogen-bond donors (Lipinski definition) is 1. The van der Waals surface area contributed by atoms with Gasteiger partial charge in [-0.05, 0) is 25.5 Å². The van der Waals surface area contributed by atoms with Crippen LogP contribution in [0.2, 0.25) is 0 Å². The van der Waals surface area contributed by atoms with Crippen molar-refractivity contribution < 1.29 is 0 Å². The maximum Gasteiger partial charge on any atom is 0.158 e. The Morgan fingerprint density at radius 1 is 1.27 bits per heavy atom. The fourth-order valence-corrected chi connectivity index (χ4v) is 1.54. The summed E-state index contributed by atoms with van der Waals surface area (Å²) in [5.41, 5.74) is 8.72. The van der Waals surface area contributed by atoms with Gasteiger partial charge in [0.25, 0.3) is 0 Å². The summed E-state index contributed by atoms with van der Waals surface area (Å²) < 4.78 is 1.76. The minimum Gasteiger partial charge on any atom is -0.398 e. The molecule has 0 saturated heterocycles. The second-order valence-corrected chi connectivity index (χ2v) is 3.68. The quantitative estimate of drug-likeness (QED) is 0.716. The summed E-state index contributed by atoms with van der Waals surface area (Å²) in [6.07, 6.45) is 0. The van der Waals surface area contributed by atoms with Crippen LogP contribution in [0.1, 0.15) is 11.4 Å². The lowest BCUT2D eigenvalue weighted by molar-refractivity contribution is 0.764. The van der Waals surface area contributed by atoms with Gasteiger partial charge in [0.2, 0.25) is 0 Å². The van der Waals surface area contributed by atoms with Crippen LogP contribution in [0.25, 0.3) is 11.4 Å². The van der Waals surface area contributed by atoms with Gasteiger partial charge in [0, 0.05) is 18.3 Å². The molecule has 0 spiro atoms. The molecule has 1 heterocycles. The van der Waals surface area contributed by atoms with Gasteiger partial charge in [0.05, 0.1) is 0 Å². The SMILES string of the molecule is Cc1nc(-c2ccc(C)c(N)c2)n(C)n1. The Hall–Kier alpha value is -1.84. The predicted octanol–water partition coefficient (Wildman–Crippen LogP) is 1.68. The molecule has 1 aromatic heterocycles. The van der Waals surface area contributed by atoms with Crippen molar-refractivity contribution in [1.29, 1.82) is 0 Å². The molecule has 0 radical (unpaired) electrons. The first-order chi connectivity index (χ1) is 7.08. The molecule has 0 amide bonds. The van der Waals surface area contributed by atoms with Crippen LogP contribution in [-0.4, -0.2) is 14.8 Å². The summed E-state index contributed by atoms with van der Waals surface area (Å²) in [6.45, 7) is 3.86. The van der Waals surface area contributed by atoms with Gasteiger partial charge in [-0.15, -0.1) is 0 Å². The molecule has 1 aromatic carbocycles. The Morgan fingerprint density at radius 2 is 2.00 bits per heavy atom. The van der Waals surface area contributed by atoms with Crippen molar-refractivity contribution in [2.24, 2.45) is 7.05 Å². The first-order valence-electron chi connectivity index (χ1n) is 4.82. The van der Waals surface area contributed by atoms with Gasteiger partial charge in [-0.25, -0.2) is 9.67 Å². The van der Waals surface area contributed by atoms with Gasteiger partial charge in [-0.3, -0.25) is 0 Å². The third kappa shape index (κ3) is 1.70. The summed E-state index contributed by atoms with van der Waals surface area (Å²) in [7, 11) is 1.88. The molecular formula is C11H14N4. The standard InChI is InChI=1S/C11H14N4/c1-7-4-5-9(6-10(7)12)11-13-8(2)14-15(11)3/h4-6H,12H2,1-3H3. The van der Waals surface area contributed by atoms with Crippen molar-refractivity contribution in [3.63, 3.8) is 0 Å². The van der Waals surface area contributed by atoms with E-state index in [2.05, 4.69) is 10.1 Å². The Morgan fingerprint density at radius 3 is 2.53 bits per heavy atom. The average molecular weight is 202 g/mol. The van der Waals surface area contributed by atoms with Gasteiger partial charge >= 0.3 is 0 Å². The van der Waals surface area contributed by atoms with Crippen LogP contribution in [-0.2, 0) is 7.05 Å². The number of hydrogen-bond acceptors (Lipinski definition) is 3. The molecule has 0 bridgehead atoms. The second kappa shape index (κ2) is 3.38. The number of aromatic nitrogens is 3. The normalized spacial score (nSPS) is 10.6. The lowest BCUT2D eigenvalue weighted by atomic mass is 10.1. The van der Waals surface area contributed by atoms with Crippen LogP contribution in [0, 0.1) is 13.8 Å². The van der Waals surface area contributed by atoms with E-state index < -0.39 is 0 Å². The maximum absolute atomic E-state index is 5.86. The second-order valence-electron chi connectivity index (χ2n) is 3.68. The van der Waals surface area contributed by atoms with Gasteiger partial charge in [-0.2, -0.15) is 5.10 Å². The van der Waals surface area contributed by atoms with Crippen LogP contribution in [0.5, 0.6) is 0 Å². The van der Waals surface area contributed by atoms with Crippen LogP contribution in [0.4, 0.5) is 5.69 Å². The van der Waals surface area contributed by atoms with Crippen molar-refractivity contribution in [2.75, 3.05) is 5.73 Å². The smallest absolute Gasteiger partial charge is 0.158 e. The molecule has 2 N–H and O–H groups in total. The van der Waals surface area contributed by atoms with Crippen molar-refractivity contribution >= 4 is 5.69 Å². The maximum atomic E-state index is 5.86. The van der Waals surface area contributed by atoms with Gasteiger partial charge in [0.15, 0.2) is 5.82 Å². The van der Waals surface area contributed by atoms with E-state index in [0.29, 0.717) is 0 Å². The fourth-order valence-electron chi connectivity index (χ4n) is 1.54. The zero-order chi connectivity index (χ0) is 11.0. The molecule has 0 aliphatic rings. The van der Waals surface area contributed by atoms with Crippen molar-refractivity contribution in [3.8, 4) is 11.4 Å². The zero-order valence-electron chi connectivity index (χ0n) is 9.15. The minimum atomic E-state index is 0.770. The van der Waals surface area contributed by atoms with Crippen LogP contribution < -0.4 is 5.73 Å². The molecule has 0 saturated carbocycles. The molecular weight excluding hydrogens is 188 g/mol. The monoisotopic (exact) mass is 202 g/mol. The van der Waals surface area contributed by atoms with E-state index in [9.17, 15) is 0 Å². The van der Waals surface area contributed by atoms with Gasteiger partial charge < -0.3 is 5.73 Å². The number of nitrogens with zero attached hydrogens (tertiary/aromatic N) is 3. The summed E-state index contributed by atoms with van der Waals surface area (Å²) in [4.78, 5) is 4.35. The molecule has 0 aliphatic carbocycles. The number of anilines is 1. The summed E-state index contributed by atoms with van der Waals surface area (Å²) in [5, 5.41) is 4.20. The highest BCUT2D eigenvalue weighted by atomic mass is 15.3. The van der Waals surface area contributed by atoms with Crippen molar-refractivity contribution in [2.45, 2.75) is 13.8 Å². The summed E-state index contributed by atoms with van der Waals surface area (Å²) in [5.74, 6) is 1.62. The van der Waals surface area contributed by atoms with Crippen LogP contribution in [0.15, 0.2) is 18.2 Å². The summed E-state index contributed by atoms with van der Waals surface area (Å²) in [6, 6.07) is 5.93. The highest BCUT2D eigenvalue weighted by Gasteiger charge is 2.07. The minimum absolute atomic E-state index is 0.770. The number of aryl methyl sites for hydroxylation is 3. The molecule has 2 aromatic rings. The molecule has 4 heteroatoms. The van der Waals surface area contributed by atoms with E-state index in [0.717, 1.165) is 28.5 Å². The topological polar surface area (TPSA) is 56.7 Å². The third-order valence-corrected chi connectivity index (χ3v) is 2.41. The van der Waals surface area contributed by atoms with E-state index >= 15 is 0 Å². The lowest BCUT2D eigenvalue weighted by Crippen LogP contribution is -1.96. The zero-order valence-corrected chi connectivity index (χ0v) is 9.15. The highest BCUT2D eigenvalue weighted by Crippen LogP contribution is 2.21. The van der Waals surface area contributed by atoms with Crippen molar-refractivity contribution in [1.82, 2.24) is 14.8 Å². The Bertz CT molecular complexity index is 499. The Labute approximate surface area is 88.8 Å².